The van der Waals surface area contributed by atoms with Crippen molar-refractivity contribution in [1.29, 1.82) is 0 Å². The highest BCUT2D eigenvalue weighted by Crippen LogP contribution is 2.25. The normalized spacial score (nSPS) is 19.2. The molecule has 0 saturated heterocycles. The molecule has 2 unspecified atom stereocenters. The summed E-state index contributed by atoms with van der Waals surface area (Å²) in [4.78, 5) is 23.6. The van der Waals surface area contributed by atoms with Crippen LogP contribution in [0.2, 0.25) is 0 Å². The highest BCUT2D eigenvalue weighted by molar-refractivity contribution is 5.95. The van der Waals surface area contributed by atoms with Crippen LogP contribution < -0.4 is 16.4 Å². The molecule has 2 atom stereocenters. The number of hydrogen-bond acceptors (Lipinski definition) is 5. The Kier molecular flexibility index (Phi) is 10.8. The van der Waals surface area contributed by atoms with Gasteiger partial charge in [-0.1, -0.05) is 19.9 Å². The Bertz CT molecular complexity index is 776. The Balaban J connectivity index is 0.00000233. The fraction of sp³-hybridized carbons (Fsp3) is 0.500. The van der Waals surface area contributed by atoms with Crippen LogP contribution in [0.15, 0.2) is 12.2 Å². The second-order valence-corrected chi connectivity index (χ2v) is 6.41. The molecule has 174 valence electrons. The fourth-order valence-corrected chi connectivity index (χ4v) is 2.69. The molecule has 0 saturated carbocycles. The molecule has 5 N–H and O–H groups in total. The van der Waals surface area contributed by atoms with Crippen LogP contribution in [0.3, 0.4) is 0 Å². The summed E-state index contributed by atoms with van der Waals surface area (Å²) in [5.74, 6) is -8.97. The standard InChI is InChI=1S/C18H21F4N3O4.C2H6/c19-12-11(13(20)15(22)16(23)14(12)21)17(27)24-7-8-25-18(28)29-10-4-2-1-3-9(26)5-6-10;1-2/h2,4,9-10,26H,1,3,5-8,23H2,(H,24,27)(H,25,28);1-2H3/b4-2+;. The number of benzene rings is 1. The Morgan fingerprint density at radius 2 is 1.61 bits per heavy atom. The third kappa shape index (κ3) is 7.42. The van der Waals surface area contributed by atoms with E-state index in [0.717, 1.165) is 0 Å². The van der Waals surface area contributed by atoms with Crippen molar-refractivity contribution in [2.24, 2.45) is 0 Å². The van der Waals surface area contributed by atoms with Crippen LogP contribution in [-0.2, 0) is 4.74 Å². The average Bonchev–Trinajstić information content (AvgIpc) is 2.75. The van der Waals surface area contributed by atoms with Gasteiger partial charge in [-0.2, -0.15) is 0 Å². The van der Waals surface area contributed by atoms with Gasteiger partial charge in [0.15, 0.2) is 23.3 Å². The van der Waals surface area contributed by atoms with Gasteiger partial charge in [-0.15, -0.1) is 0 Å². The van der Waals surface area contributed by atoms with Crippen molar-refractivity contribution in [3.8, 4) is 0 Å². The third-order valence-corrected chi connectivity index (χ3v) is 4.26. The van der Waals surface area contributed by atoms with E-state index in [1.165, 1.54) is 0 Å². The molecular formula is C20H27F4N3O4. The van der Waals surface area contributed by atoms with Gasteiger partial charge in [-0.3, -0.25) is 4.79 Å². The van der Waals surface area contributed by atoms with Gasteiger partial charge in [0, 0.05) is 13.1 Å². The van der Waals surface area contributed by atoms with Crippen molar-refractivity contribution >= 4 is 17.7 Å². The highest BCUT2D eigenvalue weighted by Gasteiger charge is 2.28. The molecule has 1 aromatic rings. The van der Waals surface area contributed by atoms with Crippen LogP contribution in [0.5, 0.6) is 0 Å². The van der Waals surface area contributed by atoms with Crippen molar-refractivity contribution in [3.63, 3.8) is 0 Å². The van der Waals surface area contributed by atoms with Gasteiger partial charge in [-0.05, 0) is 31.8 Å². The molecule has 0 heterocycles. The summed E-state index contributed by atoms with van der Waals surface area (Å²) < 4.78 is 59.4. The Hall–Kier alpha value is -2.82. The van der Waals surface area contributed by atoms with Crippen LogP contribution in [0, 0.1) is 23.3 Å². The quantitative estimate of drug-likeness (QED) is 0.181. The number of carbonyl (C=O) groups is 2. The van der Waals surface area contributed by atoms with E-state index in [0.29, 0.717) is 25.7 Å². The summed E-state index contributed by atoms with van der Waals surface area (Å²) in [6.07, 6.45) is 3.94. The predicted octanol–water partition coefficient (Wildman–Crippen LogP) is 3.17. The van der Waals surface area contributed by atoms with Crippen molar-refractivity contribution in [2.45, 2.75) is 51.7 Å². The Morgan fingerprint density at radius 1 is 1.03 bits per heavy atom. The van der Waals surface area contributed by atoms with E-state index in [1.807, 2.05) is 19.2 Å². The molecule has 0 aliphatic heterocycles. The molecule has 0 bridgehead atoms. The number of anilines is 1. The van der Waals surface area contributed by atoms with Gasteiger partial charge < -0.3 is 26.2 Å². The first-order chi connectivity index (χ1) is 14.7. The smallest absolute Gasteiger partial charge is 0.407 e. The number of rotatable bonds is 5. The zero-order valence-corrected chi connectivity index (χ0v) is 17.3. The van der Waals surface area contributed by atoms with Gasteiger partial charge in [0.2, 0.25) is 0 Å². The number of ether oxygens (including phenoxy) is 1. The van der Waals surface area contributed by atoms with E-state index >= 15 is 0 Å². The molecule has 1 aliphatic carbocycles. The summed E-state index contributed by atoms with van der Waals surface area (Å²) in [7, 11) is 0. The number of aliphatic hydroxyl groups excluding tert-OH is 1. The monoisotopic (exact) mass is 449 g/mol. The lowest BCUT2D eigenvalue weighted by Gasteiger charge is -2.19. The van der Waals surface area contributed by atoms with Crippen LogP contribution in [0.25, 0.3) is 0 Å². The third-order valence-electron chi connectivity index (χ3n) is 4.26. The van der Waals surface area contributed by atoms with Gasteiger partial charge in [0.05, 0.1) is 6.10 Å². The topological polar surface area (TPSA) is 114 Å². The Labute approximate surface area is 177 Å². The predicted molar refractivity (Wildman–Crippen MR) is 106 cm³/mol. The lowest BCUT2D eigenvalue weighted by Crippen LogP contribution is -2.37. The van der Waals surface area contributed by atoms with E-state index < -0.39 is 58.7 Å². The summed E-state index contributed by atoms with van der Waals surface area (Å²) in [6.45, 7) is 3.53. The zero-order chi connectivity index (χ0) is 23.6. The lowest BCUT2D eigenvalue weighted by atomic mass is 10.0. The number of nitrogens with one attached hydrogen (secondary N) is 2. The van der Waals surface area contributed by atoms with E-state index in [9.17, 15) is 32.3 Å². The number of nitrogens with two attached hydrogens (primary N) is 1. The number of alkyl carbamates (subject to hydrolysis) is 1. The number of halogens is 4. The van der Waals surface area contributed by atoms with Crippen molar-refractivity contribution in [2.75, 3.05) is 18.8 Å². The van der Waals surface area contributed by atoms with Gasteiger partial charge in [-0.25, -0.2) is 22.4 Å². The Morgan fingerprint density at radius 3 is 2.23 bits per heavy atom. The van der Waals surface area contributed by atoms with Crippen molar-refractivity contribution in [3.05, 3.63) is 41.0 Å². The first-order valence-corrected chi connectivity index (χ1v) is 9.91. The van der Waals surface area contributed by atoms with Crippen LogP contribution in [-0.4, -0.2) is 42.4 Å². The number of carbonyl (C=O) groups excluding carboxylic acids is 2. The van der Waals surface area contributed by atoms with Gasteiger partial charge in [0.25, 0.3) is 5.91 Å². The van der Waals surface area contributed by atoms with Crippen molar-refractivity contribution in [1.82, 2.24) is 10.6 Å². The number of amides is 2. The minimum Gasteiger partial charge on any atom is -0.442 e. The van der Waals surface area contributed by atoms with Crippen molar-refractivity contribution < 1.29 is 37.0 Å². The van der Waals surface area contributed by atoms with E-state index in [1.54, 1.807) is 12.2 Å². The molecule has 0 aromatic heterocycles. The molecule has 7 nitrogen and oxygen atoms in total. The summed E-state index contributed by atoms with van der Waals surface area (Å²) in [5, 5.41) is 14.0. The molecule has 11 heteroatoms. The van der Waals surface area contributed by atoms with E-state index in [2.05, 4.69) is 5.32 Å². The first-order valence-electron chi connectivity index (χ1n) is 9.91. The average molecular weight is 449 g/mol. The molecular weight excluding hydrogens is 422 g/mol. The molecule has 2 rings (SSSR count). The van der Waals surface area contributed by atoms with Gasteiger partial charge in [0.1, 0.15) is 17.4 Å². The van der Waals surface area contributed by atoms with Crippen LogP contribution >= 0.6 is 0 Å². The molecule has 0 fully saturated rings. The number of allylic oxidation sites excluding steroid dienone is 1. The summed E-state index contributed by atoms with van der Waals surface area (Å²) in [6, 6.07) is 0. The molecule has 1 aliphatic rings. The maximum absolute atomic E-state index is 13.7. The number of hydrogen-bond donors (Lipinski definition) is 4. The molecule has 1 aromatic carbocycles. The fourth-order valence-electron chi connectivity index (χ4n) is 2.69. The largest absolute Gasteiger partial charge is 0.442 e. The van der Waals surface area contributed by atoms with Gasteiger partial charge >= 0.3 is 6.09 Å². The number of aliphatic hydroxyl groups is 1. The van der Waals surface area contributed by atoms with Crippen LogP contribution in [0.1, 0.15) is 49.9 Å². The zero-order valence-electron chi connectivity index (χ0n) is 17.3. The minimum absolute atomic E-state index is 0.174. The first kappa shape index (κ1) is 26.2. The van der Waals surface area contributed by atoms with E-state index in [4.69, 9.17) is 10.5 Å². The molecule has 31 heavy (non-hydrogen) atoms. The SMILES string of the molecule is CC.Nc1c(F)c(F)c(C(=O)NCCNC(=O)OC2/C=C/CCC(O)CC2)c(F)c1F. The second kappa shape index (κ2) is 12.8. The molecule has 2 amide bonds. The number of nitrogen functional groups attached to an aromatic ring is 1. The molecule has 0 spiro atoms. The maximum atomic E-state index is 13.7. The summed E-state index contributed by atoms with van der Waals surface area (Å²) in [5.41, 5.74) is 2.06. The minimum atomic E-state index is -1.91. The maximum Gasteiger partial charge on any atom is 0.407 e. The van der Waals surface area contributed by atoms with Crippen LogP contribution in [0.4, 0.5) is 28.0 Å². The second-order valence-electron chi connectivity index (χ2n) is 6.41. The highest BCUT2D eigenvalue weighted by atomic mass is 19.2. The van der Waals surface area contributed by atoms with E-state index in [-0.39, 0.29) is 13.1 Å². The molecule has 0 radical (unpaired) electrons. The lowest BCUT2D eigenvalue weighted by molar-refractivity contribution is 0.0907. The summed E-state index contributed by atoms with van der Waals surface area (Å²) >= 11 is 0.